The SMILES string of the molecule is CCOc1ccc([C@@H]2CC(=O)Nc3c(-c4ccc(Cl)cc4)csc32)cc1OCC. The number of fused-ring (bicyclic) bond motifs is 1. The predicted octanol–water partition coefficient (Wildman–Crippen LogP) is 6.34. The number of carbonyl (C=O) groups is 1. The largest absolute Gasteiger partial charge is 0.490 e. The lowest BCUT2D eigenvalue weighted by molar-refractivity contribution is -0.116. The van der Waals surface area contributed by atoms with Crippen molar-refractivity contribution < 1.29 is 14.3 Å². The Bertz CT molecular complexity index is 1030. The molecule has 3 aromatic rings. The van der Waals surface area contributed by atoms with Crippen molar-refractivity contribution in [3.05, 3.63) is 63.3 Å². The molecular weight excluding hydrogens is 406 g/mol. The van der Waals surface area contributed by atoms with E-state index in [1.165, 1.54) is 0 Å². The molecular formula is C23H22ClNO3S. The van der Waals surface area contributed by atoms with Gasteiger partial charge in [-0.15, -0.1) is 11.3 Å². The summed E-state index contributed by atoms with van der Waals surface area (Å²) in [6.07, 6.45) is 0.410. The fourth-order valence-electron chi connectivity index (χ4n) is 3.62. The average Bonchev–Trinajstić information content (AvgIpc) is 3.13. The Morgan fingerprint density at radius 2 is 1.79 bits per heavy atom. The maximum Gasteiger partial charge on any atom is 0.225 e. The summed E-state index contributed by atoms with van der Waals surface area (Å²) in [5.74, 6) is 1.45. The van der Waals surface area contributed by atoms with Crippen molar-refractivity contribution in [1.29, 1.82) is 0 Å². The second-order valence-corrected chi connectivity index (χ2v) is 8.12. The first-order chi connectivity index (χ1) is 14.1. The number of hydrogen-bond acceptors (Lipinski definition) is 4. The summed E-state index contributed by atoms with van der Waals surface area (Å²) in [7, 11) is 0. The van der Waals surface area contributed by atoms with E-state index in [9.17, 15) is 4.79 Å². The van der Waals surface area contributed by atoms with E-state index in [1.54, 1.807) is 11.3 Å². The minimum atomic E-state index is -0.0142. The molecule has 0 saturated carbocycles. The van der Waals surface area contributed by atoms with Crippen molar-refractivity contribution in [2.45, 2.75) is 26.2 Å². The highest BCUT2D eigenvalue weighted by atomic mass is 35.5. The Morgan fingerprint density at radius 3 is 2.52 bits per heavy atom. The van der Waals surface area contributed by atoms with Crippen molar-refractivity contribution in [3.8, 4) is 22.6 Å². The molecule has 4 rings (SSSR count). The van der Waals surface area contributed by atoms with Crippen molar-refractivity contribution in [2.24, 2.45) is 0 Å². The molecule has 0 unspecified atom stereocenters. The van der Waals surface area contributed by atoms with Gasteiger partial charge < -0.3 is 14.8 Å². The third-order valence-electron chi connectivity index (χ3n) is 4.91. The molecule has 0 fully saturated rings. The predicted molar refractivity (Wildman–Crippen MR) is 119 cm³/mol. The van der Waals surface area contributed by atoms with E-state index in [-0.39, 0.29) is 11.8 Å². The van der Waals surface area contributed by atoms with Gasteiger partial charge in [0.25, 0.3) is 0 Å². The molecule has 29 heavy (non-hydrogen) atoms. The highest BCUT2D eigenvalue weighted by Crippen LogP contribution is 2.47. The molecule has 2 heterocycles. The first-order valence-electron chi connectivity index (χ1n) is 9.67. The van der Waals surface area contributed by atoms with Crippen molar-refractivity contribution in [2.75, 3.05) is 18.5 Å². The Labute approximate surface area is 179 Å². The fourth-order valence-corrected chi connectivity index (χ4v) is 4.91. The summed E-state index contributed by atoms with van der Waals surface area (Å²) in [4.78, 5) is 13.7. The summed E-state index contributed by atoms with van der Waals surface area (Å²) in [5, 5.41) is 5.87. The summed E-state index contributed by atoms with van der Waals surface area (Å²) < 4.78 is 11.5. The van der Waals surface area contributed by atoms with Gasteiger partial charge >= 0.3 is 0 Å². The van der Waals surface area contributed by atoms with Gasteiger partial charge in [0.15, 0.2) is 11.5 Å². The molecule has 150 valence electrons. The molecule has 0 saturated heterocycles. The highest BCUT2D eigenvalue weighted by Gasteiger charge is 2.31. The fraction of sp³-hybridized carbons (Fsp3) is 0.261. The topological polar surface area (TPSA) is 47.6 Å². The second kappa shape index (κ2) is 8.47. The number of anilines is 1. The van der Waals surface area contributed by atoms with Crippen LogP contribution in [-0.4, -0.2) is 19.1 Å². The van der Waals surface area contributed by atoms with E-state index in [4.69, 9.17) is 21.1 Å². The van der Waals surface area contributed by atoms with Gasteiger partial charge in [-0.05, 0) is 49.2 Å². The molecule has 1 aromatic heterocycles. The van der Waals surface area contributed by atoms with Crippen LogP contribution >= 0.6 is 22.9 Å². The number of amides is 1. The molecule has 6 heteroatoms. The molecule has 1 atom stereocenters. The van der Waals surface area contributed by atoms with Gasteiger partial charge in [-0.2, -0.15) is 0 Å². The van der Waals surface area contributed by atoms with Crippen LogP contribution in [0.4, 0.5) is 5.69 Å². The maximum atomic E-state index is 12.5. The lowest BCUT2D eigenvalue weighted by Gasteiger charge is -2.25. The number of rotatable bonds is 6. The quantitative estimate of drug-likeness (QED) is 0.499. The van der Waals surface area contributed by atoms with Gasteiger partial charge in [-0.3, -0.25) is 4.79 Å². The zero-order valence-corrected chi connectivity index (χ0v) is 17.9. The van der Waals surface area contributed by atoms with Crippen LogP contribution in [0.2, 0.25) is 5.02 Å². The standard InChI is InChI=1S/C23H22ClNO3S/c1-3-27-19-10-7-15(11-20(19)28-4-2)17-12-21(26)25-22-18(13-29-23(17)22)14-5-8-16(24)9-6-14/h5-11,13,17H,3-4,12H2,1-2H3,(H,25,26)/t17-/m0/s1. The first kappa shape index (κ1) is 19.8. The molecule has 4 nitrogen and oxygen atoms in total. The van der Waals surface area contributed by atoms with Crippen molar-refractivity contribution in [3.63, 3.8) is 0 Å². The zero-order valence-electron chi connectivity index (χ0n) is 16.3. The van der Waals surface area contributed by atoms with E-state index in [0.717, 1.165) is 33.0 Å². The van der Waals surface area contributed by atoms with Crippen LogP contribution in [0.15, 0.2) is 47.8 Å². The zero-order chi connectivity index (χ0) is 20.4. The van der Waals surface area contributed by atoms with Crippen LogP contribution in [0.3, 0.4) is 0 Å². The van der Waals surface area contributed by atoms with Crippen LogP contribution in [-0.2, 0) is 4.79 Å². The third-order valence-corrected chi connectivity index (χ3v) is 6.26. The second-order valence-electron chi connectivity index (χ2n) is 6.77. The molecule has 0 radical (unpaired) electrons. The van der Waals surface area contributed by atoms with Crippen molar-refractivity contribution in [1.82, 2.24) is 0 Å². The van der Waals surface area contributed by atoms with Crippen LogP contribution in [0.1, 0.15) is 36.6 Å². The number of carbonyl (C=O) groups excluding carboxylic acids is 1. The molecule has 2 aromatic carbocycles. The van der Waals surface area contributed by atoms with Gasteiger partial charge in [0.1, 0.15) is 0 Å². The third kappa shape index (κ3) is 3.98. The summed E-state index contributed by atoms with van der Waals surface area (Å²) >= 11 is 7.70. The average molecular weight is 428 g/mol. The van der Waals surface area contributed by atoms with E-state index < -0.39 is 0 Å². The number of benzene rings is 2. The van der Waals surface area contributed by atoms with Gasteiger partial charge in [0.2, 0.25) is 5.91 Å². The van der Waals surface area contributed by atoms with E-state index in [2.05, 4.69) is 10.7 Å². The first-order valence-corrected chi connectivity index (χ1v) is 10.9. The smallest absolute Gasteiger partial charge is 0.225 e. The number of hydrogen-bond donors (Lipinski definition) is 1. The minimum Gasteiger partial charge on any atom is -0.490 e. The van der Waals surface area contributed by atoms with Crippen LogP contribution in [0.5, 0.6) is 11.5 Å². The van der Waals surface area contributed by atoms with E-state index in [0.29, 0.717) is 30.4 Å². The van der Waals surface area contributed by atoms with Crippen LogP contribution in [0, 0.1) is 0 Å². The number of thiophene rings is 1. The number of halogens is 1. The lowest BCUT2D eigenvalue weighted by atomic mass is 9.89. The molecule has 0 bridgehead atoms. The van der Waals surface area contributed by atoms with Gasteiger partial charge in [0.05, 0.1) is 18.9 Å². The molecule has 0 spiro atoms. The Kier molecular flexibility index (Phi) is 5.79. The number of nitrogens with one attached hydrogen (secondary N) is 1. The normalized spacial score (nSPS) is 15.6. The number of ether oxygens (including phenoxy) is 2. The molecule has 1 N–H and O–H groups in total. The van der Waals surface area contributed by atoms with E-state index in [1.807, 2.05) is 56.3 Å². The monoisotopic (exact) mass is 427 g/mol. The van der Waals surface area contributed by atoms with Crippen LogP contribution in [0.25, 0.3) is 11.1 Å². The van der Waals surface area contributed by atoms with E-state index >= 15 is 0 Å². The highest BCUT2D eigenvalue weighted by molar-refractivity contribution is 7.11. The lowest BCUT2D eigenvalue weighted by Crippen LogP contribution is -2.22. The van der Waals surface area contributed by atoms with Crippen LogP contribution < -0.4 is 14.8 Å². The Hall–Kier alpha value is -2.50. The molecule has 1 aliphatic heterocycles. The summed E-state index contributed by atoms with van der Waals surface area (Å²) in [6.45, 7) is 5.03. The molecule has 1 aliphatic rings. The minimum absolute atomic E-state index is 0.0142. The summed E-state index contributed by atoms with van der Waals surface area (Å²) in [6, 6.07) is 13.7. The van der Waals surface area contributed by atoms with Crippen molar-refractivity contribution >= 4 is 34.5 Å². The van der Waals surface area contributed by atoms with Gasteiger partial charge in [-0.1, -0.05) is 29.8 Å². The Balaban J connectivity index is 1.75. The molecule has 0 aliphatic carbocycles. The maximum absolute atomic E-state index is 12.5. The Morgan fingerprint density at radius 1 is 1.07 bits per heavy atom. The van der Waals surface area contributed by atoms with Gasteiger partial charge in [0, 0.05) is 33.2 Å². The summed E-state index contributed by atoms with van der Waals surface area (Å²) in [5.41, 5.74) is 4.01. The molecule has 1 amide bonds. The van der Waals surface area contributed by atoms with Gasteiger partial charge in [-0.25, -0.2) is 0 Å².